The van der Waals surface area contributed by atoms with Crippen LogP contribution in [-0.4, -0.2) is 37.1 Å². The van der Waals surface area contributed by atoms with Gasteiger partial charge in [0, 0.05) is 18.6 Å². The second kappa shape index (κ2) is 6.58. The first kappa shape index (κ1) is 15.3. The Balaban J connectivity index is 1.86. The molecule has 1 saturated carbocycles. The molecule has 1 aliphatic carbocycles. The Morgan fingerprint density at radius 2 is 1.79 bits per heavy atom. The molecule has 2 aliphatic rings. The molecule has 1 N–H and O–H groups in total. The van der Waals surface area contributed by atoms with Gasteiger partial charge in [-0.25, -0.2) is 0 Å². The monoisotopic (exact) mass is 266 g/mol. The summed E-state index contributed by atoms with van der Waals surface area (Å²) in [6.07, 6.45) is 9.92. The third kappa shape index (κ3) is 3.52. The second-order valence-corrected chi connectivity index (χ2v) is 7.44. The van der Waals surface area contributed by atoms with Gasteiger partial charge in [0.15, 0.2) is 0 Å². The largest absolute Gasteiger partial charge is 0.318 e. The zero-order valence-electron chi connectivity index (χ0n) is 13.5. The van der Waals surface area contributed by atoms with E-state index >= 15 is 0 Å². The summed E-state index contributed by atoms with van der Waals surface area (Å²) in [6.45, 7) is 9.82. The van der Waals surface area contributed by atoms with Crippen LogP contribution in [0.1, 0.15) is 65.7 Å². The van der Waals surface area contributed by atoms with Crippen molar-refractivity contribution in [1.29, 1.82) is 0 Å². The number of nitrogens with zero attached hydrogens (tertiary/aromatic N) is 1. The van der Waals surface area contributed by atoms with Gasteiger partial charge in [-0.15, -0.1) is 0 Å². The maximum atomic E-state index is 3.38. The lowest BCUT2D eigenvalue weighted by Gasteiger charge is -2.42. The van der Waals surface area contributed by atoms with Crippen molar-refractivity contribution < 1.29 is 0 Å². The molecule has 1 heterocycles. The highest BCUT2D eigenvalue weighted by Gasteiger charge is 2.36. The minimum atomic E-state index is 0.556. The molecular weight excluding hydrogens is 232 g/mol. The highest BCUT2D eigenvalue weighted by atomic mass is 15.2. The second-order valence-electron chi connectivity index (χ2n) is 7.44. The highest BCUT2D eigenvalue weighted by Crippen LogP contribution is 2.42. The standard InChI is InChI=1S/C17H34N2/c1-5-17(2,3)14-8-10-15(11-9-14)19-12-6-7-16(19)13-18-4/h14-16,18H,5-13H2,1-4H3. The molecule has 1 aliphatic heterocycles. The SMILES string of the molecule is CCC(C)(C)C1CCC(N2CCCC2CNC)CC1. The topological polar surface area (TPSA) is 15.3 Å². The number of likely N-dealkylation sites (tertiary alicyclic amines) is 1. The minimum absolute atomic E-state index is 0.556. The van der Waals surface area contributed by atoms with Crippen molar-refractivity contribution in [3.8, 4) is 0 Å². The van der Waals surface area contributed by atoms with Gasteiger partial charge in [-0.3, -0.25) is 4.90 Å². The molecule has 0 aromatic rings. The third-order valence-corrected chi connectivity index (χ3v) is 6.04. The number of hydrogen-bond donors (Lipinski definition) is 1. The van der Waals surface area contributed by atoms with E-state index in [4.69, 9.17) is 0 Å². The Kier molecular flexibility index (Phi) is 5.30. The van der Waals surface area contributed by atoms with Gasteiger partial charge in [-0.05, 0) is 63.5 Å². The van der Waals surface area contributed by atoms with Gasteiger partial charge in [0.1, 0.15) is 0 Å². The van der Waals surface area contributed by atoms with E-state index in [2.05, 4.69) is 38.0 Å². The normalized spacial score (nSPS) is 33.8. The van der Waals surface area contributed by atoms with Gasteiger partial charge in [-0.2, -0.15) is 0 Å². The fourth-order valence-corrected chi connectivity index (χ4v) is 4.27. The van der Waals surface area contributed by atoms with E-state index in [9.17, 15) is 0 Å². The van der Waals surface area contributed by atoms with Gasteiger partial charge < -0.3 is 5.32 Å². The van der Waals surface area contributed by atoms with E-state index in [1.54, 1.807) is 0 Å². The number of nitrogens with one attached hydrogen (secondary N) is 1. The van der Waals surface area contributed by atoms with Crippen LogP contribution >= 0.6 is 0 Å². The lowest BCUT2D eigenvalue weighted by atomic mass is 9.68. The number of hydrogen-bond acceptors (Lipinski definition) is 2. The first-order chi connectivity index (χ1) is 9.08. The Morgan fingerprint density at radius 3 is 2.37 bits per heavy atom. The summed E-state index contributed by atoms with van der Waals surface area (Å²) in [7, 11) is 2.09. The van der Waals surface area contributed by atoms with Crippen molar-refractivity contribution in [1.82, 2.24) is 10.2 Å². The van der Waals surface area contributed by atoms with Crippen molar-refractivity contribution >= 4 is 0 Å². The average Bonchev–Trinajstić information content (AvgIpc) is 2.88. The third-order valence-electron chi connectivity index (χ3n) is 6.04. The molecule has 0 bridgehead atoms. The van der Waals surface area contributed by atoms with Crippen molar-refractivity contribution in [2.75, 3.05) is 20.1 Å². The number of likely N-dealkylation sites (N-methyl/N-ethyl adjacent to an activating group) is 1. The smallest absolute Gasteiger partial charge is 0.0223 e. The molecule has 112 valence electrons. The van der Waals surface area contributed by atoms with E-state index in [1.807, 2.05) is 0 Å². The molecule has 2 rings (SSSR count). The molecule has 0 aromatic carbocycles. The Morgan fingerprint density at radius 1 is 1.11 bits per heavy atom. The van der Waals surface area contributed by atoms with Crippen LogP contribution in [0.15, 0.2) is 0 Å². The Bertz CT molecular complexity index is 266. The molecule has 1 atom stereocenters. The Hall–Kier alpha value is -0.0800. The van der Waals surface area contributed by atoms with E-state index in [0.717, 1.165) is 18.0 Å². The molecule has 0 amide bonds. The lowest BCUT2D eigenvalue weighted by Crippen LogP contribution is -2.45. The molecular formula is C17H34N2. The van der Waals surface area contributed by atoms with Crippen LogP contribution in [0.2, 0.25) is 0 Å². The summed E-state index contributed by atoms with van der Waals surface area (Å²) in [6, 6.07) is 1.69. The van der Waals surface area contributed by atoms with Crippen molar-refractivity contribution in [3.05, 3.63) is 0 Å². The fourth-order valence-electron chi connectivity index (χ4n) is 4.27. The van der Waals surface area contributed by atoms with Crippen LogP contribution in [0.3, 0.4) is 0 Å². The van der Waals surface area contributed by atoms with Gasteiger partial charge in [0.05, 0.1) is 0 Å². The van der Waals surface area contributed by atoms with E-state index < -0.39 is 0 Å². The van der Waals surface area contributed by atoms with Gasteiger partial charge in [0.2, 0.25) is 0 Å². The van der Waals surface area contributed by atoms with Crippen molar-refractivity contribution in [2.24, 2.45) is 11.3 Å². The van der Waals surface area contributed by atoms with Crippen LogP contribution < -0.4 is 5.32 Å². The van der Waals surface area contributed by atoms with Crippen LogP contribution in [0.4, 0.5) is 0 Å². The summed E-state index contributed by atoms with van der Waals surface area (Å²) in [5.41, 5.74) is 0.556. The summed E-state index contributed by atoms with van der Waals surface area (Å²) in [5.74, 6) is 0.958. The summed E-state index contributed by atoms with van der Waals surface area (Å²) >= 11 is 0. The van der Waals surface area contributed by atoms with Crippen LogP contribution in [0, 0.1) is 11.3 Å². The van der Waals surface area contributed by atoms with E-state index in [0.29, 0.717) is 5.41 Å². The first-order valence-electron chi connectivity index (χ1n) is 8.49. The van der Waals surface area contributed by atoms with Gasteiger partial charge in [-0.1, -0.05) is 27.2 Å². The zero-order chi connectivity index (χ0) is 13.9. The van der Waals surface area contributed by atoms with Crippen LogP contribution in [0.25, 0.3) is 0 Å². The lowest BCUT2D eigenvalue weighted by molar-refractivity contribution is 0.0787. The van der Waals surface area contributed by atoms with Crippen LogP contribution in [-0.2, 0) is 0 Å². The van der Waals surface area contributed by atoms with Gasteiger partial charge in [0.25, 0.3) is 0 Å². The summed E-state index contributed by atoms with van der Waals surface area (Å²) < 4.78 is 0. The number of rotatable bonds is 5. The zero-order valence-corrected chi connectivity index (χ0v) is 13.5. The molecule has 2 nitrogen and oxygen atoms in total. The van der Waals surface area contributed by atoms with E-state index in [1.165, 1.54) is 58.0 Å². The predicted octanol–water partition coefficient (Wildman–Crippen LogP) is 3.67. The molecule has 2 fully saturated rings. The molecule has 1 saturated heterocycles. The summed E-state index contributed by atoms with van der Waals surface area (Å²) in [4.78, 5) is 2.83. The minimum Gasteiger partial charge on any atom is -0.318 e. The average molecular weight is 266 g/mol. The maximum Gasteiger partial charge on any atom is 0.0223 e. The first-order valence-corrected chi connectivity index (χ1v) is 8.49. The highest BCUT2D eigenvalue weighted by molar-refractivity contribution is 4.91. The summed E-state index contributed by atoms with van der Waals surface area (Å²) in [5, 5.41) is 3.38. The van der Waals surface area contributed by atoms with E-state index in [-0.39, 0.29) is 0 Å². The fraction of sp³-hybridized carbons (Fsp3) is 1.00. The van der Waals surface area contributed by atoms with Gasteiger partial charge >= 0.3 is 0 Å². The molecule has 0 radical (unpaired) electrons. The Labute approximate surface area is 120 Å². The quantitative estimate of drug-likeness (QED) is 0.817. The molecule has 2 heteroatoms. The van der Waals surface area contributed by atoms with Crippen molar-refractivity contribution in [3.63, 3.8) is 0 Å². The molecule has 19 heavy (non-hydrogen) atoms. The molecule has 0 spiro atoms. The maximum absolute atomic E-state index is 3.38. The molecule has 0 aromatic heterocycles. The van der Waals surface area contributed by atoms with Crippen molar-refractivity contribution in [2.45, 2.75) is 77.8 Å². The predicted molar refractivity (Wildman–Crippen MR) is 83.5 cm³/mol. The van der Waals surface area contributed by atoms with Crippen LogP contribution in [0.5, 0.6) is 0 Å². The molecule has 1 unspecified atom stereocenters.